The number of amides is 1. The molecule has 0 atom stereocenters. The van der Waals surface area contributed by atoms with Crippen molar-refractivity contribution in [2.24, 2.45) is 5.10 Å². The summed E-state index contributed by atoms with van der Waals surface area (Å²) >= 11 is 0. The maximum Gasteiger partial charge on any atom is 0.291 e. The van der Waals surface area contributed by atoms with Gasteiger partial charge in [-0.3, -0.25) is 9.59 Å². The second-order valence-corrected chi connectivity index (χ2v) is 3.42. The monoisotopic (exact) mass is 242 g/mol. The summed E-state index contributed by atoms with van der Waals surface area (Å²) < 4.78 is 0. The molecule has 90 valence electrons. The molecule has 1 amide bonds. The van der Waals surface area contributed by atoms with Gasteiger partial charge in [0.25, 0.3) is 11.5 Å². The number of H-pyrrole nitrogens is 1. The van der Waals surface area contributed by atoms with Gasteiger partial charge >= 0.3 is 0 Å². The molecule has 18 heavy (non-hydrogen) atoms. The van der Waals surface area contributed by atoms with Gasteiger partial charge in [-0.05, 0) is 11.6 Å². The second kappa shape index (κ2) is 5.53. The quantitative estimate of drug-likeness (QED) is 0.608. The number of rotatable bonds is 3. The number of aromatic nitrogens is 2. The molecule has 1 heterocycles. The number of nitrogens with one attached hydrogen (secondary N) is 2. The molecule has 0 aliphatic carbocycles. The van der Waals surface area contributed by atoms with E-state index >= 15 is 0 Å². The molecular formula is C12H10N4O2. The molecule has 2 N–H and O–H groups in total. The predicted octanol–water partition coefficient (Wildman–Crippen LogP) is 0.534. The minimum Gasteiger partial charge on any atom is -0.268 e. The Morgan fingerprint density at radius 1 is 1.22 bits per heavy atom. The standard InChI is InChI=1S/C12H10N4O2/c17-11-7-6-10(14-15-11)12(18)16-13-8-9-4-2-1-3-5-9/h1-8H,(H,15,17)(H,16,18)/b13-8-. The first-order valence-corrected chi connectivity index (χ1v) is 5.20. The van der Waals surface area contributed by atoms with Crippen LogP contribution in [0.1, 0.15) is 16.1 Å². The zero-order valence-electron chi connectivity index (χ0n) is 9.33. The molecule has 2 aromatic rings. The van der Waals surface area contributed by atoms with Gasteiger partial charge in [0.05, 0.1) is 6.21 Å². The smallest absolute Gasteiger partial charge is 0.268 e. The Kier molecular flexibility index (Phi) is 3.60. The van der Waals surface area contributed by atoms with E-state index in [1.807, 2.05) is 30.3 Å². The molecule has 0 bridgehead atoms. The highest BCUT2D eigenvalue weighted by Gasteiger charge is 2.04. The Bertz CT molecular complexity index is 599. The highest BCUT2D eigenvalue weighted by Crippen LogP contribution is 1.93. The van der Waals surface area contributed by atoms with E-state index in [9.17, 15) is 9.59 Å². The molecule has 6 heteroatoms. The average Bonchev–Trinajstić information content (AvgIpc) is 2.40. The first kappa shape index (κ1) is 11.7. The van der Waals surface area contributed by atoms with Crippen molar-refractivity contribution in [2.45, 2.75) is 0 Å². The first-order chi connectivity index (χ1) is 8.75. The summed E-state index contributed by atoms with van der Waals surface area (Å²) in [6.07, 6.45) is 1.52. The zero-order valence-corrected chi connectivity index (χ0v) is 9.33. The molecule has 0 saturated carbocycles. The molecule has 0 aliphatic rings. The molecule has 6 nitrogen and oxygen atoms in total. The van der Waals surface area contributed by atoms with E-state index in [1.165, 1.54) is 18.3 Å². The van der Waals surface area contributed by atoms with Crippen LogP contribution in [0.15, 0.2) is 52.4 Å². The van der Waals surface area contributed by atoms with Gasteiger partial charge in [0.1, 0.15) is 0 Å². The normalized spacial score (nSPS) is 10.4. The van der Waals surface area contributed by atoms with Gasteiger partial charge in [0.15, 0.2) is 5.69 Å². The van der Waals surface area contributed by atoms with Crippen molar-refractivity contribution in [3.63, 3.8) is 0 Å². The molecule has 1 aromatic heterocycles. The number of aromatic amines is 1. The lowest BCUT2D eigenvalue weighted by Gasteiger charge is -1.97. The van der Waals surface area contributed by atoms with Gasteiger partial charge in [-0.15, -0.1) is 0 Å². The van der Waals surface area contributed by atoms with Gasteiger partial charge in [-0.1, -0.05) is 30.3 Å². The van der Waals surface area contributed by atoms with Crippen molar-refractivity contribution in [2.75, 3.05) is 0 Å². The lowest BCUT2D eigenvalue weighted by Crippen LogP contribution is -2.21. The fourth-order valence-corrected chi connectivity index (χ4v) is 1.23. The lowest BCUT2D eigenvalue weighted by molar-refractivity contribution is 0.0949. The van der Waals surface area contributed by atoms with E-state index in [1.54, 1.807) is 0 Å². The van der Waals surface area contributed by atoms with Gasteiger partial charge in [-0.2, -0.15) is 10.2 Å². The highest BCUT2D eigenvalue weighted by molar-refractivity contribution is 5.92. The largest absolute Gasteiger partial charge is 0.291 e. The predicted molar refractivity (Wildman–Crippen MR) is 66.4 cm³/mol. The van der Waals surface area contributed by atoms with Crippen LogP contribution < -0.4 is 11.0 Å². The number of nitrogens with zero attached hydrogens (tertiary/aromatic N) is 2. The summed E-state index contributed by atoms with van der Waals surface area (Å²) in [5.41, 5.74) is 2.92. The Balaban J connectivity index is 1.98. The number of benzene rings is 1. The molecule has 0 fully saturated rings. The van der Waals surface area contributed by atoms with E-state index < -0.39 is 5.91 Å². The number of hydrogen-bond donors (Lipinski definition) is 2. The van der Waals surface area contributed by atoms with Gasteiger partial charge < -0.3 is 0 Å². The van der Waals surface area contributed by atoms with Crippen LogP contribution in [0.5, 0.6) is 0 Å². The second-order valence-electron chi connectivity index (χ2n) is 3.42. The van der Waals surface area contributed by atoms with Crippen molar-refractivity contribution in [1.29, 1.82) is 0 Å². The summed E-state index contributed by atoms with van der Waals surface area (Å²) in [6, 6.07) is 11.9. The van der Waals surface area contributed by atoms with Crippen LogP contribution in [0.4, 0.5) is 0 Å². The third-order valence-electron chi connectivity index (χ3n) is 2.09. The molecule has 1 aromatic carbocycles. The topological polar surface area (TPSA) is 87.2 Å². The Morgan fingerprint density at radius 3 is 2.67 bits per heavy atom. The van der Waals surface area contributed by atoms with Gasteiger partial charge in [0.2, 0.25) is 0 Å². The zero-order chi connectivity index (χ0) is 12.8. The van der Waals surface area contributed by atoms with Crippen molar-refractivity contribution in [1.82, 2.24) is 15.6 Å². The number of hydrogen-bond acceptors (Lipinski definition) is 4. The Morgan fingerprint density at radius 2 is 2.00 bits per heavy atom. The Labute approximate surface area is 102 Å². The van der Waals surface area contributed by atoms with Crippen molar-refractivity contribution >= 4 is 12.1 Å². The van der Waals surface area contributed by atoms with Crippen LogP contribution >= 0.6 is 0 Å². The van der Waals surface area contributed by atoms with Crippen LogP contribution in [-0.2, 0) is 0 Å². The highest BCUT2D eigenvalue weighted by atomic mass is 16.2. The van der Waals surface area contributed by atoms with E-state index in [0.29, 0.717) is 0 Å². The summed E-state index contributed by atoms with van der Waals surface area (Å²) in [7, 11) is 0. The molecule has 2 rings (SSSR count). The minimum atomic E-state index is -0.488. The fraction of sp³-hybridized carbons (Fsp3) is 0. The van der Waals surface area contributed by atoms with Crippen LogP contribution in [0.3, 0.4) is 0 Å². The summed E-state index contributed by atoms with van der Waals surface area (Å²) in [4.78, 5) is 22.3. The number of carbonyl (C=O) groups excluding carboxylic acids is 1. The maximum atomic E-state index is 11.5. The SMILES string of the molecule is O=C(N/N=C\c1ccccc1)c1ccc(=O)[nH]n1. The third-order valence-corrected chi connectivity index (χ3v) is 2.09. The summed E-state index contributed by atoms with van der Waals surface area (Å²) in [5, 5.41) is 9.53. The van der Waals surface area contributed by atoms with E-state index in [0.717, 1.165) is 5.56 Å². The minimum absolute atomic E-state index is 0.0970. The van der Waals surface area contributed by atoms with Gasteiger partial charge in [-0.25, -0.2) is 10.5 Å². The maximum absolute atomic E-state index is 11.5. The summed E-state index contributed by atoms with van der Waals surface area (Å²) in [5.74, 6) is -0.488. The lowest BCUT2D eigenvalue weighted by atomic mass is 10.2. The van der Waals surface area contributed by atoms with Crippen LogP contribution in [0, 0.1) is 0 Å². The van der Waals surface area contributed by atoms with Crippen LogP contribution in [0.2, 0.25) is 0 Å². The average molecular weight is 242 g/mol. The van der Waals surface area contributed by atoms with Gasteiger partial charge in [0, 0.05) is 6.07 Å². The van der Waals surface area contributed by atoms with E-state index in [-0.39, 0.29) is 11.3 Å². The molecule has 0 unspecified atom stereocenters. The fourth-order valence-electron chi connectivity index (χ4n) is 1.23. The van der Waals surface area contributed by atoms with E-state index in [4.69, 9.17) is 0 Å². The van der Waals surface area contributed by atoms with E-state index in [2.05, 4.69) is 20.7 Å². The molecule has 0 radical (unpaired) electrons. The van der Waals surface area contributed by atoms with Crippen LogP contribution in [0.25, 0.3) is 0 Å². The number of carbonyl (C=O) groups is 1. The third kappa shape index (κ3) is 3.11. The van der Waals surface area contributed by atoms with Crippen molar-refractivity contribution < 1.29 is 4.79 Å². The Hall–Kier alpha value is -2.76. The van der Waals surface area contributed by atoms with Crippen LogP contribution in [-0.4, -0.2) is 22.3 Å². The molecular weight excluding hydrogens is 232 g/mol. The van der Waals surface area contributed by atoms with Crippen molar-refractivity contribution in [3.8, 4) is 0 Å². The summed E-state index contributed by atoms with van der Waals surface area (Å²) in [6.45, 7) is 0. The molecule has 0 aliphatic heterocycles. The first-order valence-electron chi connectivity index (χ1n) is 5.20. The number of hydrazone groups is 1. The van der Waals surface area contributed by atoms with Crippen molar-refractivity contribution in [3.05, 3.63) is 64.1 Å². The molecule has 0 spiro atoms. The molecule has 0 saturated heterocycles.